The van der Waals surface area contributed by atoms with Crippen LogP contribution >= 0.6 is 0 Å². The maximum atomic E-state index is 9.58. The summed E-state index contributed by atoms with van der Waals surface area (Å²) in [7, 11) is 1.69. The third-order valence-electron chi connectivity index (χ3n) is 3.50. The van der Waals surface area contributed by atoms with Crippen LogP contribution in [0.4, 0.5) is 0 Å². The Morgan fingerprint density at radius 1 is 1.05 bits per heavy atom. The van der Waals surface area contributed by atoms with Crippen molar-refractivity contribution in [1.82, 2.24) is 5.32 Å². The lowest BCUT2D eigenvalue weighted by atomic mass is 9.98. The van der Waals surface area contributed by atoms with Gasteiger partial charge in [-0.25, -0.2) is 0 Å². The van der Waals surface area contributed by atoms with Crippen LogP contribution in [0.1, 0.15) is 18.1 Å². The van der Waals surface area contributed by atoms with Crippen molar-refractivity contribution in [3.8, 4) is 11.5 Å². The highest BCUT2D eigenvalue weighted by atomic mass is 16.5. The van der Waals surface area contributed by atoms with Crippen molar-refractivity contribution in [3.63, 3.8) is 0 Å². The molecule has 0 saturated carbocycles. The lowest BCUT2D eigenvalue weighted by Crippen LogP contribution is -2.33. The molecule has 0 bridgehead atoms. The molecule has 21 heavy (non-hydrogen) atoms. The van der Waals surface area contributed by atoms with Gasteiger partial charge in [-0.15, -0.1) is 0 Å². The number of aromatic hydroxyl groups is 1. The van der Waals surface area contributed by atoms with Crippen LogP contribution in [0.5, 0.6) is 11.5 Å². The van der Waals surface area contributed by atoms with Crippen molar-refractivity contribution < 1.29 is 9.84 Å². The first-order valence-electron chi connectivity index (χ1n) is 7.35. The molecule has 1 unspecified atom stereocenters. The molecular formula is C18H23NO2. The average Bonchev–Trinajstić information content (AvgIpc) is 2.48. The van der Waals surface area contributed by atoms with E-state index in [4.69, 9.17) is 4.74 Å². The number of benzene rings is 2. The van der Waals surface area contributed by atoms with E-state index >= 15 is 0 Å². The predicted octanol–water partition coefficient (Wildman–Crippen LogP) is 3.16. The Kier molecular flexibility index (Phi) is 5.64. The Hall–Kier alpha value is -2.00. The number of phenols is 1. The van der Waals surface area contributed by atoms with Gasteiger partial charge in [0.25, 0.3) is 0 Å². The highest BCUT2D eigenvalue weighted by molar-refractivity contribution is 5.30. The summed E-state index contributed by atoms with van der Waals surface area (Å²) in [5.74, 6) is 1.21. The van der Waals surface area contributed by atoms with Crippen LogP contribution in [-0.4, -0.2) is 24.8 Å². The molecule has 2 N–H and O–H groups in total. The standard InChI is InChI=1S/C18H23NO2/c1-3-19-16(10-14-6-4-8-17(20)12-14)11-15-7-5-9-18(13-15)21-2/h4-9,12-13,16,19-20H,3,10-11H2,1-2H3. The van der Waals surface area contributed by atoms with Gasteiger partial charge in [0.1, 0.15) is 11.5 Å². The molecule has 0 radical (unpaired) electrons. The molecule has 2 aromatic carbocycles. The molecule has 0 aliphatic carbocycles. The summed E-state index contributed by atoms with van der Waals surface area (Å²) in [4.78, 5) is 0. The molecule has 0 aliphatic rings. The van der Waals surface area contributed by atoms with Gasteiger partial charge in [0.05, 0.1) is 7.11 Å². The molecule has 2 aromatic rings. The van der Waals surface area contributed by atoms with Crippen LogP contribution < -0.4 is 10.1 Å². The van der Waals surface area contributed by atoms with Crippen LogP contribution in [-0.2, 0) is 12.8 Å². The number of phenolic OH excluding ortho intramolecular Hbond substituents is 1. The van der Waals surface area contributed by atoms with E-state index < -0.39 is 0 Å². The van der Waals surface area contributed by atoms with Gasteiger partial charge in [-0.3, -0.25) is 0 Å². The number of nitrogens with one attached hydrogen (secondary N) is 1. The van der Waals surface area contributed by atoms with Crippen LogP contribution in [0, 0.1) is 0 Å². The number of hydrogen-bond donors (Lipinski definition) is 2. The quantitative estimate of drug-likeness (QED) is 0.821. The van der Waals surface area contributed by atoms with E-state index in [0.717, 1.165) is 30.7 Å². The third kappa shape index (κ3) is 4.80. The Bertz CT molecular complexity index is 569. The fraction of sp³-hybridized carbons (Fsp3) is 0.333. The lowest BCUT2D eigenvalue weighted by Gasteiger charge is -2.18. The fourth-order valence-electron chi connectivity index (χ4n) is 2.56. The van der Waals surface area contributed by atoms with Gasteiger partial charge in [-0.1, -0.05) is 31.2 Å². The van der Waals surface area contributed by atoms with Crippen LogP contribution in [0.3, 0.4) is 0 Å². The minimum atomic E-state index is 0.323. The van der Waals surface area contributed by atoms with Crippen LogP contribution in [0.2, 0.25) is 0 Å². The minimum absolute atomic E-state index is 0.323. The summed E-state index contributed by atoms with van der Waals surface area (Å²) in [5, 5.41) is 13.1. The van der Waals surface area contributed by atoms with Crippen molar-refractivity contribution >= 4 is 0 Å². The SMILES string of the molecule is CCNC(Cc1cccc(O)c1)Cc1cccc(OC)c1. The Morgan fingerprint density at radius 3 is 2.33 bits per heavy atom. The largest absolute Gasteiger partial charge is 0.508 e. The molecule has 0 saturated heterocycles. The fourth-order valence-corrected chi connectivity index (χ4v) is 2.56. The lowest BCUT2D eigenvalue weighted by molar-refractivity contribution is 0.413. The van der Waals surface area contributed by atoms with Gasteiger partial charge in [0, 0.05) is 6.04 Å². The summed E-state index contributed by atoms with van der Waals surface area (Å²) in [5.41, 5.74) is 2.39. The van der Waals surface area contributed by atoms with Gasteiger partial charge in [0.15, 0.2) is 0 Å². The highest BCUT2D eigenvalue weighted by Crippen LogP contribution is 2.17. The minimum Gasteiger partial charge on any atom is -0.508 e. The van der Waals surface area contributed by atoms with Gasteiger partial charge in [-0.05, 0) is 54.8 Å². The molecular weight excluding hydrogens is 262 g/mol. The molecule has 3 heteroatoms. The Balaban J connectivity index is 2.07. The van der Waals surface area contributed by atoms with Crippen LogP contribution in [0.15, 0.2) is 48.5 Å². The molecule has 0 heterocycles. The van der Waals surface area contributed by atoms with Gasteiger partial charge < -0.3 is 15.2 Å². The first-order chi connectivity index (χ1) is 10.2. The first kappa shape index (κ1) is 15.4. The maximum absolute atomic E-state index is 9.58. The smallest absolute Gasteiger partial charge is 0.119 e. The molecule has 1 atom stereocenters. The van der Waals surface area contributed by atoms with Crippen molar-refractivity contribution in [2.45, 2.75) is 25.8 Å². The summed E-state index contributed by atoms with van der Waals surface area (Å²) in [6.45, 7) is 3.04. The van der Waals surface area contributed by atoms with Gasteiger partial charge in [0.2, 0.25) is 0 Å². The van der Waals surface area contributed by atoms with Crippen molar-refractivity contribution in [1.29, 1.82) is 0 Å². The van der Waals surface area contributed by atoms with E-state index in [1.807, 2.05) is 24.3 Å². The number of hydrogen-bond acceptors (Lipinski definition) is 3. The summed E-state index contributed by atoms with van der Waals surface area (Å²) in [6, 6.07) is 16.0. The monoisotopic (exact) mass is 285 g/mol. The van der Waals surface area contributed by atoms with Crippen molar-refractivity contribution in [3.05, 3.63) is 59.7 Å². The summed E-state index contributed by atoms with van der Waals surface area (Å²) < 4.78 is 5.28. The second-order valence-corrected chi connectivity index (χ2v) is 5.18. The number of likely N-dealkylation sites (N-methyl/N-ethyl adjacent to an activating group) is 1. The maximum Gasteiger partial charge on any atom is 0.119 e. The molecule has 0 aromatic heterocycles. The molecule has 0 aliphatic heterocycles. The van der Waals surface area contributed by atoms with E-state index in [1.165, 1.54) is 5.56 Å². The summed E-state index contributed by atoms with van der Waals surface area (Å²) >= 11 is 0. The van der Waals surface area contributed by atoms with E-state index in [-0.39, 0.29) is 0 Å². The average molecular weight is 285 g/mol. The number of ether oxygens (including phenoxy) is 1. The van der Waals surface area contributed by atoms with Crippen molar-refractivity contribution in [2.24, 2.45) is 0 Å². The molecule has 0 fully saturated rings. The Morgan fingerprint density at radius 2 is 1.71 bits per heavy atom. The molecule has 112 valence electrons. The summed E-state index contributed by atoms with van der Waals surface area (Å²) in [6.07, 6.45) is 1.82. The zero-order valence-electron chi connectivity index (χ0n) is 12.7. The molecule has 2 rings (SSSR count). The highest BCUT2D eigenvalue weighted by Gasteiger charge is 2.10. The Labute approximate surface area is 126 Å². The van der Waals surface area contributed by atoms with E-state index in [2.05, 4.69) is 30.4 Å². The van der Waals surface area contributed by atoms with E-state index in [1.54, 1.807) is 13.2 Å². The second kappa shape index (κ2) is 7.70. The second-order valence-electron chi connectivity index (χ2n) is 5.18. The topological polar surface area (TPSA) is 41.5 Å². The van der Waals surface area contributed by atoms with E-state index in [0.29, 0.717) is 11.8 Å². The predicted molar refractivity (Wildman–Crippen MR) is 86.0 cm³/mol. The van der Waals surface area contributed by atoms with Crippen LogP contribution in [0.25, 0.3) is 0 Å². The zero-order chi connectivity index (χ0) is 15.1. The number of methoxy groups -OCH3 is 1. The molecule has 3 nitrogen and oxygen atoms in total. The molecule has 0 amide bonds. The van der Waals surface area contributed by atoms with Crippen molar-refractivity contribution in [2.75, 3.05) is 13.7 Å². The number of rotatable bonds is 7. The van der Waals surface area contributed by atoms with E-state index in [9.17, 15) is 5.11 Å². The van der Waals surface area contributed by atoms with Gasteiger partial charge >= 0.3 is 0 Å². The first-order valence-corrected chi connectivity index (χ1v) is 7.35. The third-order valence-corrected chi connectivity index (χ3v) is 3.50. The molecule has 0 spiro atoms. The van der Waals surface area contributed by atoms with Gasteiger partial charge in [-0.2, -0.15) is 0 Å². The normalized spacial score (nSPS) is 12.1. The zero-order valence-corrected chi connectivity index (χ0v) is 12.7.